The van der Waals surface area contributed by atoms with Gasteiger partial charge in [-0.05, 0) is 37.4 Å². The van der Waals surface area contributed by atoms with Gasteiger partial charge in [0.2, 0.25) is 5.89 Å². The largest absolute Gasteiger partial charge is 0.479 e. The molecule has 0 radical (unpaired) electrons. The molecule has 6 nitrogen and oxygen atoms in total. The van der Waals surface area contributed by atoms with E-state index < -0.39 is 5.97 Å². The van der Waals surface area contributed by atoms with E-state index in [0.717, 1.165) is 21.6 Å². The summed E-state index contributed by atoms with van der Waals surface area (Å²) in [7, 11) is 0. The van der Waals surface area contributed by atoms with E-state index in [-0.39, 0.29) is 18.2 Å². The normalized spacial score (nSPS) is 11.3. The van der Waals surface area contributed by atoms with Crippen LogP contribution in [0.4, 0.5) is 5.00 Å². The van der Waals surface area contributed by atoms with Crippen LogP contribution in [-0.4, -0.2) is 28.9 Å². The van der Waals surface area contributed by atoms with Gasteiger partial charge in [-0.15, -0.1) is 22.7 Å². The number of aliphatic imine (C=N–C) groups is 1. The minimum atomic E-state index is -0.431. The Bertz CT molecular complexity index is 1190. The van der Waals surface area contributed by atoms with Gasteiger partial charge in [-0.25, -0.2) is 14.8 Å². The van der Waals surface area contributed by atoms with E-state index in [0.29, 0.717) is 16.5 Å². The molecule has 0 aliphatic heterocycles. The number of aromatic hydroxyl groups is 1. The maximum absolute atomic E-state index is 12.6. The molecule has 152 valence electrons. The number of hydrogen-bond donors (Lipinski definition) is 1. The molecular formula is C22H18N2O4S2. The Morgan fingerprint density at radius 2 is 2.07 bits per heavy atom. The summed E-state index contributed by atoms with van der Waals surface area (Å²) in [6.07, 6.45) is 1.39. The Hall–Kier alpha value is -3.23. The number of aromatic nitrogens is 1. The van der Waals surface area contributed by atoms with Crippen molar-refractivity contribution < 1.29 is 19.1 Å². The molecule has 1 N–H and O–H groups in total. The molecule has 3 heterocycles. The van der Waals surface area contributed by atoms with Crippen LogP contribution in [-0.2, 0) is 4.74 Å². The van der Waals surface area contributed by atoms with Crippen molar-refractivity contribution in [3.8, 4) is 27.8 Å². The van der Waals surface area contributed by atoms with E-state index in [1.807, 2.05) is 54.1 Å². The lowest BCUT2D eigenvalue weighted by Crippen LogP contribution is -2.04. The van der Waals surface area contributed by atoms with E-state index in [9.17, 15) is 9.90 Å². The lowest BCUT2D eigenvalue weighted by atomic mass is 10.1. The third-order valence-electron chi connectivity index (χ3n) is 4.27. The maximum atomic E-state index is 12.6. The fourth-order valence-electron chi connectivity index (χ4n) is 2.80. The average molecular weight is 439 g/mol. The number of oxazole rings is 1. The van der Waals surface area contributed by atoms with Crippen molar-refractivity contribution in [2.45, 2.75) is 13.8 Å². The lowest BCUT2D eigenvalue weighted by Gasteiger charge is -2.03. The van der Waals surface area contributed by atoms with Crippen LogP contribution in [0.15, 0.2) is 56.6 Å². The van der Waals surface area contributed by atoms with Crippen molar-refractivity contribution >= 4 is 39.9 Å². The van der Waals surface area contributed by atoms with Crippen molar-refractivity contribution in [1.29, 1.82) is 0 Å². The van der Waals surface area contributed by atoms with Gasteiger partial charge >= 0.3 is 11.9 Å². The van der Waals surface area contributed by atoms with Crippen LogP contribution < -0.4 is 0 Å². The zero-order valence-corrected chi connectivity index (χ0v) is 17.9. The second kappa shape index (κ2) is 8.64. The summed E-state index contributed by atoms with van der Waals surface area (Å²) in [6, 6.07) is 11.5. The molecule has 0 unspecified atom stereocenters. The Kier molecular flexibility index (Phi) is 5.78. The molecule has 8 heteroatoms. The van der Waals surface area contributed by atoms with Crippen molar-refractivity contribution in [1.82, 2.24) is 4.98 Å². The van der Waals surface area contributed by atoms with Gasteiger partial charge in [0.05, 0.1) is 12.8 Å². The van der Waals surface area contributed by atoms with Gasteiger partial charge in [0, 0.05) is 21.4 Å². The highest BCUT2D eigenvalue weighted by atomic mass is 32.1. The minimum absolute atomic E-state index is 0.187. The highest BCUT2D eigenvalue weighted by Crippen LogP contribution is 2.40. The number of nitrogens with zero attached hydrogens (tertiary/aromatic N) is 2. The number of aryl methyl sites for hydroxylation is 1. The fraction of sp³-hybridized carbons (Fsp3) is 0.136. The van der Waals surface area contributed by atoms with Gasteiger partial charge < -0.3 is 14.3 Å². The van der Waals surface area contributed by atoms with Crippen LogP contribution >= 0.6 is 22.7 Å². The summed E-state index contributed by atoms with van der Waals surface area (Å²) in [4.78, 5) is 22.3. The second-order valence-corrected chi connectivity index (χ2v) is 8.17. The van der Waals surface area contributed by atoms with Crippen molar-refractivity contribution in [3.05, 3.63) is 64.0 Å². The van der Waals surface area contributed by atoms with E-state index in [1.54, 1.807) is 6.92 Å². The molecule has 30 heavy (non-hydrogen) atoms. The van der Waals surface area contributed by atoms with E-state index in [4.69, 9.17) is 9.15 Å². The number of thiophene rings is 2. The minimum Gasteiger partial charge on any atom is -0.479 e. The molecule has 0 spiro atoms. The van der Waals surface area contributed by atoms with E-state index in [1.165, 1.54) is 28.9 Å². The Morgan fingerprint density at radius 3 is 2.77 bits per heavy atom. The van der Waals surface area contributed by atoms with E-state index in [2.05, 4.69) is 9.98 Å². The summed E-state index contributed by atoms with van der Waals surface area (Å²) in [5, 5.41) is 14.4. The molecule has 0 aliphatic rings. The summed E-state index contributed by atoms with van der Waals surface area (Å²) in [6.45, 7) is 4.02. The fourth-order valence-corrected chi connectivity index (χ4v) is 4.53. The van der Waals surface area contributed by atoms with Crippen molar-refractivity contribution in [3.63, 3.8) is 0 Å². The van der Waals surface area contributed by atoms with Crippen molar-refractivity contribution in [2.24, 2.45) is 4.99 Å². The topological polar surface area (TPSA) is 84.9 Å². The molecule has 0 fully saturated rings. The molecule has 1 aromatic carbocycles. The first-order valence-corrected chi connectivity index (χ1v) is 11.0. The summed E-state index contributed by atoms with van der Waals surface area (Å²) >= 11 is 2.86. The molecular weight excluding hydrogens is 420 g/mol. The van der Waals surface area contributed by atoms with Gasteiger partial charge in [-0.2, -0.15) is 0 Å². The molecule has 4 rings (SSSR count). The molecule has 0 atom stereocenters. The lowest BCUT2D eigenvalue weighted by molar-refractivity contribution is 0.0529. The first-order valence-electron chi connectivity index (χ1n) is 9.20. The molecule has 0 saturated carbocycles. The van der Waals surface area contributed by atoms with Crippen molar-refractivity contribution in [2.75, 3.05) is 6.61 Å². The molecule has 3 aromatic heterocycles. The van der Waals surface area contributed by atoms with Gasteiger partial charge in [0.25, 0.3) is 0 Å². The summed E-state index contributed by atoms with van der Waals surface area (Å²) in [5.74, 6) is -0.467. The number of ether oxygens (including phenoxy) is 1. The van der Waals surface area contributed by atoms with Gasteiger partial charge in [0.15, 0.2) is 5.69 Å². The van der Waals surface area contributed by atoms with Crippen LogP contribution in [0, 0.1) is 6.92 Å². The second-order valence-electron chi connectivity index (χ2n) is 6.36. The van der Waals surface area contributed by atoms with E-state index >= 15 is 0 Å². The number of carbonyl (C=O) groups excluding carboxylic acids is 1. The third kappa shape index (κ3) is 4.05. The number of carbonyl (C=O) groups is 1. The predicted molar refractivity (Wildman–Crippen MR) is 119 cm³/mol. The summed E-state index contributed by atoms with van der Waals surface area (Å²) < 4.78 is 10.6. The predicted octanol–water partition coefficient (Wildman–Crippen LogP) is 6.07. The number of hydrogen-bond acceptors (Lipinski definition) is 8. The van der Waals surface area contributed by atoms with Crippen LogP contribution in [0.2, 0.25) is 0 Å². The molecule has 0 amide bonds. The maximum Gasteiger partial charge on any atom is 0.341 e. The Balaban J connectivity index is 1.67. The molecule has 4 aromatic rings. The highest BCUT2D eigenvalue weighted by Gasteiger charge is 2.22. The quantitative estimate of drug-likeness (QED) is 0.292. The zero-order valence-electron chi connectivity index (χ0n) is 16.3. The van der Waals surface area contributed by atoms with Gasteiger partial charge in [-0.1, -0.05) is 23.8 Å². The number of rotatable bonds is 6. The third-order valence-corrected chi connectivity index (χ3v) is 6.06. The van der Waals surface area contributed by atoms with Crippen LogP contribution in [0.25, 0.3) is 21.9 Å². The molecule has 0 aliphatic carbocycles. The first kappa shape index (κ1) is 20.1. The monoisotopic (exact) mass is 438 g/mol. The number of benzene rings is 1. The average Bonchev–Trinajstić information content (AvgIpc) is 3.47. The van der Waals surface area contributed by atoms with Gasteiger partial charge in [-0.3, -0.25) is 0 Å². The molecule has 0 bridgehead atoms. The SMILES string of the molecule is CCOC(=O)c1c(-c2cccs2)csc1/N=C/c1nc(-c2ccc(C)cc2)oc1O. The number of esters is 1. The van der Waals surface area contributed by atoms with Crippen LogP contribution in [0.1, 0.15) is 28.5 Å². The smallest absolute Gasteiger partial charge is 0.341 e. The van der Waals surface area contributed by atoms with Crippen LogP contribution in [0.5, 0.6) is 5.95 Å². The standard InChI is InChI=1S/C22H18N2O4S2/c1-3-27-22(26)18-15(17-5-4-10-29-17)12-30-20(18)23-11-16-21(25)28-19(24-16)14-8-6-13(2)7-9-14/h4-12,25H,3H2,1-2H3/b23-11+. The Labute approximate surface area is 181 Å². The highest BCUT2D eigenvalue weighted by molar-refractivity contribution is 7.16. The Morgan fingerprint density at radius 1 is 1.27 bits per heavy atom. The molecule has 0 saturated heterocycles. The zero-order chi connectivity index (χ0) is 21.1. The van der Waals surface area contributed by atoms with Crippen LogP contribution in [0.3, 0.4) is 0 Å². The summed E-state index contributed by atoms with van der Waals surface area (Å²) in [5.41, 5.74) is 3.24. The van der Waals surface area contributed by atoms with Gasteiger partial charge in [0.1, 0.15) is 10.6 Å². The first-order chi connectivity index (χ1) is 14.6.